The third kappa shape index (κ3) is 6.70. The summed E-state index contributed by atoms with van der Waals surface area (Å²) in [6.07, 6.45) is 1.55. The summed E-state index contributed by atoms with van der Waals surface area (Å²) in [5, 5.41) is 0.612. The van der Waals surface area contributed by atoms with E-state index in [1.54, 1.807) is 41.3 Å². The van der Waals surface area contributed by atoms with Gasteiger partial charge in [-0.15, -0.1) is 0 Å². The van der Waals surface area contributed by atoms with Crippen molar-refractivity contribution >= 4 is 39.0 Å². The third-order valence-electron chi connectivity index (χ3n) is 6.37. The molecule has 9 heteroatoms. The highest BCUT2D eigenvalue weighted by molar-refractivity contribution is 7.86. The van der Waals surface area contributed by atoms with E-state index in [-0.39, 0.29) is 23.5 Å². The Labute approximate surface area is 223 Å². The molecule has 196 valence electrons. The van der Waals surface area contributed by atoms with Crippen LogP contribution in [-0.2, 0) is 25.5 Å². The highest BCUT2D eigenvalue weighted by Crippen LogP contribution is 2.31. The Balaban J connectivity index is 1.41. The minimum Gasteiger partial charge on any atom is -0.399 e. The molecule has 0 saturated carbocycles. The summed E-state index contributed by atoms with van der Waals surface area (Å²) in [5.74, 6) is -0.135. The lowest BCUT2D eigenvalue weighted by molar-refractivity contribution is 0.0454. The van der Waals surface area contributed by atoms with Gasteiger partial charge in [0.2, 0.25) is 0 Å². The first kappa shape index (κ1) is 27.1. The number of halogens is 1. The van der Waals surface area contributed by atoms with Crippen LogP contribution >= 0.6 is 11.6 Å². The van der Waals surface area contributed by atoms with Crippen LogP contribution in [0.3, 0.4) is 0 Å². The van der Waals surface area contributed by atoms with Gasteiger partial charge in [0, 0.05) is 28.6 Å². The zero-order valence-corrected chi connectivity index (χ0v) is 22.5. The fourth-order valence-corrected chi connectivity index (χ4v) is 5.52. The zero-order chi connectivity index (χ0) is 26.6. The number of amides is 1. The lowest BCUT2D eigenvalue weighted by atomic mass is 10.0. The van der Waals surface area contributed by atoms with Gasteiger partial charge in [-0.3, -0.25) is 8.98 Å². The molecule has 1 atom stereocenters. The standard InChI is InChI=1S/C28H31ClN2O5S/c1-19-4-10-25(11-5-19)37(33,34)36-15-3-14-35-24-9-6-21-17-22(29)7-13-27(21)31(18-24)28(32)26-12-8-23(30)16-20(26)2/h4-5,7-8,10-13,16-17,24H,3,6,9,14-15,18,30H2,1-2H3. The lowest BCUT2D eigenvalue weighted by Crippen LogP contribution is -2.38. The molecule has 1 heterocycles. The van der Waals surface area contributed by atoms with Crippen molar-refractivity contribution in [1.29, 1.82) is 0 Å². The van der Waals surface area contributed by atoms with Crippen molar-refractivity contribution in [2.45, 2.75) is 44.1 Å². The SMILES string of the molecule is Cc1ccc(S(=O)(=O)OCCCOC2CCc3cc(Cl)ccc3N(C(=O)c3ccc(N)cc3C)C2)cc1. The molecule has 0 bridgehead atoms. The van der Waals surface area contributed by atoms with Gasteiger partial charge in [0.15, 0.2) is 0 Å². The van der Waals surface area contributed by atoms with Crippen LogP contribution in [-0.4, -0.2) is 40.2 Å². The van der Waals surface area contributed by atoms with Crippen molar-refractivity contribution in [3.63, 3.8) is 0 Å². The average Bonchev–Trinajstić information content (AvgIpc) is 3.03. The Hall–Kier alpha value is -2.91. The summed E-state index contributed by atoms with van der Waals surface area (Å²) in [6.45, 7) is 4.42. The monoisotopic (exact) mass is 542 g/mol. The first-order valence-electron chi connectivity index (χ1n) is 12.2. The quantitative estimate of drug-likeness (QED) is 0.235. The molecule has 1 aliphatic rings. The number of rotatable bonds is 8. The van der Waals surface area contributed by atoms with E-state index in [4.69, 9.17) is 26.3 Å². The Morgan fingerprint density at radius 2 is 1.81 bits per heavy atom. The summed E-state index contributed by atoms with van der Waals surface area (Å²) in [6, 6.07) is 17.3. The maximum atomic E-state index is 13.6. The van der Waals surface area contributed by atoms with Crippen molar-refractivity contribution in [3.05, 3.63) is 87.9 Å². The minimum atomic E-state index is -3.82. The van der Waals surface area contributed by atoms with Crippen molar-refractivity contribution in [2.75, 3.05) is 30.4 Å². The number of benzene rings is 3. The predicted molar refractivity (Wildman–Crippen MR) is 146 cm³/mol. The van der Waals surface area contributed by atoms with E-state index < -0.39 is 10.1 Å². The van der Waals surface area contributed by atoms with Crippen LogP contribution < -0.4 is 10.6 Å². The minimum absolute atomic E-state index is 0.00599. The molecule has 7 nitrogen and oxygen atoms in total. The Kier molecular flexibility index (Phi) is 8.54. The number of carbonyl (C=O) groups is 1. The number of nitrogens with zero attached hydrogens (tertiary/aromatic N) is 1. The number of carbonyl (C=O) groups excluding carboxylic acids is 1. The fourth-order valence-electron chi connectivity index (χ4n) is 4.38. The summed E-state index contributed by atoms with van der Waals surface area (Å²) >= 11 is 6.25. The van der Waals surface area contributed by atoms with Crippen molar-refractivity contribution in [3.8, 4) is 0 Å². The molecule has 3 aromatic carbocycles. The van der Waals surface area contributed by atoms with Gasteiger partial charge >= 0.3 is 0 Å². The molecule has 1 amide bonds. The Morgan fingerprint density at radius 3 is 2.54 bits per heavy atom. The van der Waals surface area contributed by atoms with Crippen molar-refractivity contribution in [2.24, 2.45) is 0 Å². The van der Waals surface area contributed by atoms with Gasteiger partial charge in [0.1, 0.15) is 0 Å². The number of aryl methyl sites for hydroxylation is 3. The van der Waals surface area contributed by atoms with E-state index in [2.05, 4.69) is 0 Å². The largest absolute Gasteiger partial charge is 0.399 e. The second kappa shape index (κ2) is 11.6. The van der Waals surface area contributed by atoms with Crippen LogP contribution in [0.5, 0.6) is 0 Å². The van der Waals surface area contributed by atoms with Gasteiger partial charge in [0.25, 0.3) is 16.0 Å². The van der Waals surface area contributed by atoms with Crippen LogP contribution in [0, 0.1) is 13.8 Å². The average molecular weight is 543 g/mol. The molecule has 4 rings (SSSR count). The second-order valence-electron chi connectivity index (χ2n) is 9.24. The maximum absolute atomic E-state index is 13.6. The second-order valence-corrected chi connectivity index (χ2v) is 11.3. The summed E-state index contributed by atoms with van der Waals surface area (Å²) in [7, 11) is -3.82. The van der Waals surface area contributed by atoms with Crippen LogP contribution in [0.1, 0.15) is 39.9 Å². The Bertz CT molecular complexity index is 1380. The first-order valence-corrected chi connectivity index (χ1v) is 14.0. The number of ether oxygens (including phenoxy) is 1. The summed E-state index contributed by atoms with van der Waals surface area (Å²) in [4.78, 5) is 15.5. The topological polar surface area (TPSA) is 98.9 Å². The molecule has 1 aliphatic heterocycles. The van der Waals surface area contributed by atoms with Crippen molar-refractivity contribution in [1.82, 2.24) is 0 Å². The molecule has 0 radical (unpaired) electrons. The van der Waals surface area contributed by atoms with Crippen LogP contribution in [0.15, 0.2) is 65.6 Å². The van der Waals surface area contributed by atoms with Gasteiger partial charge < -0.3 is 15.4 Å². The van der Waals surface area contributed by atoms with E-state index in [0.717, 1.165) is 22.4 Å². The molecule has 2 N–H and O–H groups in total. The lowest BCUT2D eigenvalue weighted by Gasteiger charge is -2.27. The third-order valence-corrected chi connectivity index (χ3v) is 7.93. The Morgan fingerprint density at radius 1 is 1.05 bits per heavy atom. The number of fused-ring (bicyclic) bond motifs is 1. The molecule has 0 saturated heterocycles. The number of hydrogen-bond donors (Lipinski definition) is 1. The molecule has 1 unspecified atom stereocenters. The van der Waals surface area contributed by atoms with E-state index in [1.807, 2.05) is 26.0 Å². The van der Waals surface area contributed by atoms with Crippen molar-refractivity contribution < 1.29 is 22.1 Å². The first-order chi connectivity index (χ1) is 17.6. The van der Waals surface area contributed by atoms with E-state index in [9.17, 15) is 13.2 Å². The number of nitrogen functional groups attached to an aromatic ring is 1. The molecule has 3 aromatic rings. The normalized spacial score (nSPS) is 15.8. The molecule has 0 aromatic heterocycles. The molecule has 0 fully saturated rings. The predicted octanol–water partition coefficient (Wildman–Crippen LogP) is 5.31. The van der Waals surface area contributed by atoms with Gasteiger partial charge in [-0.2, -0.15) is 8.42 Å². The number of nitrogens with two attached hydrogens (primary N) is 1. The fraction of sp³-hybridized carbons (Fsp3) is 0.321. The van der Waals surface area contributed by atoms with E-state index in [1.165, 1.54) is 12.1 Å². The van der Waals surface area contributed by atoms with E-state index in [0.29, 0.717) is 48.7 Å². The van der Waals surface area contributed by atoms with Gasteiger partial charge in [0.05, 0.1) is 24.2 Å². The summed E-state index contributed by atoms with van der Waals surface area (Å²) in [5.41, 5.74) is 10.6. The molecular formula is C28H31ClN2O5S. The molecule has 0 aliphatic carbocycles. The summed E-state index contributed by atoms with van der Waals surface area (Å²) < 4.78 is 36.0. The van der Waals surface area contributed by atoms with Crippen LogP contribution in [0.4, 0.5) is 11.4 Å². The van der Waals surface area contributed by atoms with Crippen LogP contribution in [0.25, 0.3) is 0 Å². The smallest absolute Gasteiger partial charge is 0.296 e. The zero-order valence-electron chi connectivity index (χ0n) is 20.9. The maximum Gasteiger partial charge on any atom is 0.296 e. The molecular weight excluding hydrogens is 512 g/mol. The molecule has 37 heavy (non-hydrogen) atoms. The van der Waals surface area contributed by atoms with Crippen LogP contribution in [0.2, 0.25) is 5.02 Å². The highest BCUT2D eigenvalue weighted by atomic mass is 35.5. The highest BCUT2D eigenvalue weighted by Gasteiger charge is 2.28. The molecule has 0 spiro atoms. The number of hydrogen-bond acceptors (Lipinski definition) is 6. The van der Waals surface area contributed by atoms with E-state index >= 15 is 0 Å². The van der Waals surface area contributed by atoms with Gasteiger partial charge in [-0.25, -0.2) is 0 Å². The van der Waals surface area contributed by atoms with Gasteiger partial charge in [-0.1, -0.05) is 29.3 Å². The van der Waals surface area contributed by atoms with Gasteiger partial charge in [-0.05, 0) is 92.8 Å². The number of anilines is 2.